The Balaban J connectivity index is 1.02. The average molecular weight is 701 g/mol. The fourth-order valence-corrected chi connectivity index (χ4v) is 9.67. The van der Waals surface area contributed by atoms with E-state index in [-0.39, 0.29) is 34.9 Å². The normalized spacial score (nSPS) is 26.6. The number of anilines is 1. The molecule has 0 spiro atoms. The van der Waals surface area contributed by atoms with E-state index in [1.807, 2.05) is 36.4 Å². The first-order chi connectivity index (χ1) is 24.5. The zero-order valence-corrected chi connectivity index (χ0v) is 28.9. The van der Waals surface area contributed by atoms with Crippen molar-refractivity contribution in [1.29, 1.82) is 0 Å². The first-order valence-electron chi connectivity index (χ1n) is 18.1. The van der Waals surface area contributed by atoms with Crippen LogP contribution < -0.4 is 9.64 Å². The van der Waals surface area contributed by atoms with Crippen molar-refractivity contribution in [2.24, 2.45) is 11.8 Å². The molecule has 1 saturated carbocycles. The molecule has 4 aliphatic heterocycles. The smallest absolute Gasteiger partial charge is 0.409 e. The predicted molar refractivity (Wildman–Crippen MR) is 189 cm³/mol. The van der Waals surface area contributed by atoms with E-state index < -0.39 is 5.82 Å². The van der Waals surface area contributed by atoms with Gasteiger partial charge in [0.25, 0.3) is 0 Å². The van der Waals surface area contributed by atoms with Crippen LogP contribution in [0, 0.1) is 17.7 Å². The zero-order chi connectivity index (χ0) is 33.8. The van der Waals surface area contributed by atoms with Crippen LogP contribution in [0.2, 0.25) is 5.02 Å². The minimum atomic E-state index is -0.507. The maximum Gasteiger partial charge on any atom is 0.409 e. The van der Waals surface area contributed by atoms with Crippen LogP contribution in [-0.2, 0) is 9.47 Å². The number of nitrogens with zero attached hydrogens (tertiary/aromatic N) is 6. The van der Waals surface area contributed by atoms with Gasteiger partial charge in [-0.05, 0) is 74.8 Å². The summed E-state index contributed by atoms with van der Waals surface area (Å²) in [7, 11) is 0. The molecule has 5 aliphatic rings. The molecule has 5 fully saturated rings. The van der Waals surface area contributed by atoms with Crippen LogP contribution in [0.1, 0.15) is 44.9 Å². The number of piperidine rings is 1. The number of hydrogen-bond acceptors (Lipinski definition) is 9. The number of amides is 1. The number of fused-ring (bicyclic) bond motifs is 5. The van der Waals surface area contributed by atoms with Crippen molar-refractivity contribution in [2.45, 2.75) is 56.5 Å². The lowest BCUT2D eigenvalue weighted by Gasteiger charge is -2.35. The van der Waals surface area contributed by atoms with Crippen molar-refractivity contribution in [1.82, 2.24) is 24.8 Å². The number of aromatic nitrogens is 3. The molecule has 2 aromatic carbocycles. The molecule has 4 aromatic rings. The summed E-state index contributed by atoms with van der Waals surface area (Å²) in [4.78, 5) is 33.6. The second-order valence-corrected chi connectivity index (χ2v) is 15.2. The molecule has 4 saturated heterocycles. The van der Waals surface area contributed by atoms with Gasteiger partial charge in [-0.15, -0.1) is 0 Å². The van der Waals surface area contributed by atoms with E-state index in [0.717, 1.165) is 56.1 Å². The molecule has 10 nitrogen and oxygen atoms in total. The van der Waals surface area contributed by atoms with Crippen molar-refractivity contribution in [3.05, 3.63) is 53.4 Å². The molecule has 6 heterocycles. The van der Waals surface area contributed by atoms with Crippen LogP contribution in [0.4, 0.5) is 15.0 Å². The molecule has 262 valence electrons. The van der Waals surface area contributed by atoms with E-state index in [4.69, 9.17) is 40.8 Å². The van der Waals surface area contributed by atoms with E-state index in [9.17, 15) is 4.79 Å². The highest BCUT2D eigenvalue weighted by Crippen LogP contribution is 2.44. The molecule has 0 N–H and O–H groups in total. The second-order valence-electron chi connectivity index (χ2n) is 14.8. The highest BCUT2D eigenvalue weighted by Gasteiger charge is 2.50. The number of ether oxygens (including phenoxy) is 3. The van der Waals surface area contributed by atoms with Crippen molar-refractivity contribution >= 4 is 45.2 Å². The lowest BCUT2D eigenvalue weighted by Crippen LogP contribution is -2.48. The maximum absolute atomic E-state index is 16.9. The summed E-state index contributed by atoms with van der Waals surface area (Å²) in [6.45, 7) is 5.63. The molecule has 50 heavy (non-hydrogen) atoms. The Morgan fingerprint density at radius 1 is 1.02 bits per heavy atom. The second kappa shape index (κ2) is 13.1. The lowest BCUT2D eigenvalue weighted by molar-refractivity contribution is 0.0138. The summed E-state index contributed by atoms with van der Waals surface area (Å²) in [5.74, 6) is 1.40. The molecular weight excluding hydrogens is 659 g/mol. The average Bonchev–Trinajstić information content (AvgIpc) is 3.82. The number of halogens is 2. The molecule has 9 rings (SSSR count). The Morgan fingerprint density at radius 2 is 1.82 bits per heavy atom. The standard InChI is InChI=1S/C38H42ClFN6O4/c39-30-7-2-5-26-4-1-6-28(31(26)30)33-32(40)34-29(19-41-33)35(45-20-24-8-9-25(18-24)21-45)43-36(42-34)50-23-38-11-3-13-46(38)27(10-12-38)22-49-37(47)44-14-16-48-17-15-44/h1-2,4-7,19,24-25,27H,3,8-18,20-23H2/t24?,25?,27-,38-/m1/s1. The van der Waals surface area contributed by atoms with Crippen LogP contribution in [0.5, 0.6) is 6.01 Å². The van der Waals surface area contributed by atoms with Gasteiger partial charge >= 0.3 is 12.1 Å². The number of pyridine rings is 1. The summed E-state index contributed by atoms with van der Waals surface area (Å²) >= 11 is 6.66. The van der Waals surface area contributed by atoms with Gasteiger partial charge in [0.2, 0.25) is 0 Å². The SMILES string of the molecule is O=C(OC[C@H]1CC[C@@]2(COc3nc(N4CC5CCC(C5)C4)c4cnc(-c5cccc6cccc(Cl)c56)c(F)c4n3)CCCN12)N1CCOCC1. The molecule has 4 atom stereocenters. The van der Waals surface area contributed by atoms with Crippen molar-refractivity contribution < 1.29 is 23.4 Å². The minimum Gasteiger partial charge on any atom is -0.461 e. The van der Waals surface area contributed by atoms with E-state index in [2.05, 4.69) is 9.80 Å². The predicted octanol–water partition coefficient (Wildman–Crippen LogP) is 6.72. The molecule has 0 radical (unpaired) electrons. The van der Waals surface area contributed by atoms with Gasteiger partial charge in [-0.3, -0.25) is 9.88 Å². The third-order valence-electron chi connectivity index (χ3n) is 11.8. The number of benzene rings is 2. The monoisotopic (exact) mass is 700 g/mol. The summed E-state index contributed by atoms with van der Waals surface area (Å²) in [5.41, 5.74) is 0.826. The van der Waals surface area contributed by atoms with Crippen LogP contribution in [0.25, 0.3) is 32.9 Å². The lowest BCUT2D eigenvalue weighted by atomic mass is 9.95. The Kier molecular flexibility index (Phi) is 8.40. The third kappa shape index (κ3) is 5.71. The highest BCUT2D eigenvalue weighted by atomic mass is 35.5. The van der Waals surface area contributed by atoms with Gasteiger partial charge in [0.1, 0.15) is 30.2 Å². The largest absolute Gasteiger partial charge is 0.461 e. The highest BCUT2D eigenvalue weighted by molar-refractivity contribution is 6.36. The van der Waals surface area contributed by atoms with Gasteiger partial charge in [-0.2, -0.15) is 9.97 Å². The maximum atomic E-state index is 16.9. The topological polar surface area (TPSA) is 93.2 Å². The van der Waals surface area contributed by atoms with Crippen LogP contribution in [0.3, 0.4) is 0 Å². The van der Waals surface area contributed by atoms with E-state index in [1.54, 1.807) is 11.1 Å². The van der Waals surface area contributed by atoms with Crippen LogP contribution >= 0.6 is 11.6 Å². The Bertz CT molecular complexity index is 1930. The van der Waals surface area contributed by atoms with Crippen LogP contribution in [-0.4, -0.2) is 102 Å². The van der Waals surface area contributed by atoms with Crippen molar-refractivity contribution in [3.8, 4) is 17.3 Å². The summed E-state index contributed by atoms with van der Waals surface area (Å²) in [6, 6.07) is 11.7. The third-order valence-corrected chi connectivity index (χ3v) is 12.1. The molecule has 12 heteroatoms. The van der Waals surface area contributed by atoms with Gasteiger partial charge in [-0.25, -0.2) is 9.18 Å². The zero-order valence-electron chi connectivity index (χ0n) is 28.2. The van der Waals surface area contributed by atoms with Crippen molar-refractivity contribution in [3.63, 3.8) is 0 Å². The molecular formula is C38H42ClFN6O4. The summed E-state index contributed by atoms with van der Waals surface area (Å²) in [5, 5.41) is 2.81. The summed E-state index contributed by atoms with van der Waals surface area (Å²) < 4.78 is 34.6. The fourth-order valence-electron chi connectivity index (χ4n) is 9.38. The molecule has 1 aliphatic carbocycles. The number of hydrogen-bond donors (Lipinski definition) is 0. The van der Waals surface area contributed by atoms with E-state index in [1.165, 1.54) is 19.3 Å². The summed E-state index contributed by atoms with van der Waals surface area (Å²) in [6.07, 6.45) is 8.96. The molecule has 2 aromatic heterocycles. The molecule has 2 unspecified atom stereocenters. The molecule has 2 bridgehead atoms. The number of morpholine rings is 1. The quantitative estimate of drug-likeness (QED) is 0.208. The first-order valence-corrected chi connectivity index (χ1v) is 18.5. The van der Waals surface area contributed by atoms with E-state index in [0.29, 0.717) is 73.1 Å². The number of carbonyl (C=O) groups excluding carboxylic acids is 1. The van der Waals surface area contributed by atoms with Gasteiger partial charge < -0.3 is 24.0 Å². The Morgan fingerprint density at radius 3 is 2.64 bits per heavy atom. The Labute approximate surface area is 295 Å². The number of rotatable bonds is 7. The fraction of sp³-hybridized carbons (Fsp3) is 0.526. The first kappa shape index (κ1) is 32.1. The van der Waals surface area contributed by atoms with Gasteiger partial charge in [-0.1, -0.05) is 41.9 Å². The van der Waals surface area contributed by atoms with Gasteiger partial charge in [0, 0.05) is 54.4 Å². The van der Waals surface area contributed by atoms with Crippen molar-refractivity contribution in [2.75, 3.05) is 64.1 Å². The Hall–Kier alpha value is -3.80. The number of carbonyl (C=O) groups is 1. The van der Waals surface area contributed by atoms with Crippen LogP contribution in [0.15, 0.2) is 42.6 Å². The molecule has 1 amide bonds. The van der Waals surface area contributed by atoms with Gasteiger partial charge in [0.15, 0.2) is 5.82 Å². The minimum absolute atomic E-state index is 0.126. The van der Waals surface area contributed by atoms with Gasteiger partial charge in [0.05, 0.1) is 24.1 Å². The van der Waals surface area contributed by atoms with E-state index >= 15 is 4.39 Å².